The van der Waals surface area contributed by atoms with Crippen molar-refractivity contribution in [2.24, 2.45) is 11.8 Å². The predicted molar refractivity (Wildman–Crippen MR) is 562 cm³/mol. The zero-order chi connectivity index (χ0) is 104. The first-order chi connectivity index (χ1) is 70.8. The molecule has 0 spiro atoms. The molecule has 10 aliphatic heterocycles. The summed E-state index contributed by atoms with van der Waals surface area (Å²) in [5.74, 6) is 3.75. The number of rotatable bonds is 23. The Bertz CT molecular complexity index is 5900. The van der Waals surface area contributed by atoms with E-state index in [2.05, 4.69) is 127 Å². The molecular formula is C110H151FN26O10. The van der Waals surface area contributed by atoms with Crippen LogP contribution >= 0.6 is 0 Å². The van der Waals surface area contributed by atoms with Gasteiger partial charge in [-0.3, -0.25) is 9.69 Å². The number of para-hydroxylation sites is 1. The Hall–Kier alpha value is -12.5. The van der Waals surface area contributed by atoms with Gasteiger partial charge in [-0.2, -0.15) is 0 Å². The Balaban J connectivity index is 0.000000132. The summed E-state index contributed by atoms with van der Waals surface area (Å²) < 4.78 is 35.8. The molecule has 5 aromatic heterocycles. The van der Waals surface area contributed by atoms with Crippen LogP contribution in [0.3, 0.4) is 0 Å². The Morgan fingerprint density at radius 3 is 1.22 bits per heavy atom. The molecule has 36 nitrogen and oxygen atoms in total. The van der Waals surface area contributed by atoms with Crippen LogP contribution in [0.5, 0.6) is 0 Å². The molecular weight excluding hydrogens is 1860 g/mol. The molecule has 0 bridgehead atoms. The van der Waals surface area contributed by atoms with E-state index >= 15 is 0 Å². The van der Waals surface area contributed by atoms with E-state index in [9.17, 15) is 33.5 Å². The third-order valence-electron chi connectivity index (χ3n) is 30.7. The van der Waals surface area contributed by atoms with Gasteiger partial charge in [-0.15, -0.1) is 0 Å². The highest BCUT2D eigenvalue weighted by Crippen LogP contribution is 2.45. The Labute approximate surface area is 864 Å². The number of ether oxygens (including phenoxy) is 4. The average molecular weight is 2020 g/mol. The molecule has 2 unspecified atom stereocenters. The second kappa shape index (κ2) is 48.6. The lowest BCUT2D eigenvalue weighted by Crippen LogP contribution is -2.55. The molecule has 10 N–H and O–H groups in total. The zero-order valence-corrected chi connectivity index (χ0v) is 87.8. The van der Waals surface area contributed by atoms with Gasteiger partial charge in [-0.05, 0) is 195 Å². The standard InChI is InChI=1S/C27H37FN6O3.C26H31N5O.C21H33N5O2.C21H27N5O2.C15H23N5O2/c1-27(2)22-12-29-25(30-20-7-9-37-10-8-20)32-24(22)16-34(27)26(36)31-21-11-18(17-35)13-33(15-21)14-19-5-3-4-6-23(19)28;1-26(2)22-16-27-25(28-21-13-9-6-10-14-21)29-23(22)18-31(26)24(32)15-20(17-30(3)4)19-11-7-5-8-12-19;2*1-21(2)17-13-22-19(24-16-8-10-28-11-9-16)25-18(17)14-26(21)20(27)23-12-15-6-4-3-5-7-15;1-15(2)11-8-17-13(18-10-4-6-22-7-5-10)19-12(11)9-20(15)14(21)16-3/h3-6,12,18,20-21,35H,7-11,13-17H2,1-2H3,(H,31,36)(H,29,30,32);5-14,16,20H,15,17-18H2,1-4H3,(H,27,28,29);13,15-16H,3-12,14H2,1-2H3,(H,23,27)(H,22,24,25);3-7,13,16H,8-12,14H2,1-2H3,(H,23,27)(H,22,24,25);8,10H,4-7,9H2,1-3H3,(H,16,21)(H,17,18,19)/t;20-;;;/m.1.../s1. The highest BCUT2D eigenvalue weighted by molar-refractivity contribution is 5.80. The number of halogens is 1. The number of urea groups is 4. The number of anilines is 6. The molecule has 0 radical (unpaired) electrons. The van der Waals surface area contributed by atoms with Crippen molar-refractivity contribution in [3.8, 4) is 0 Å². The van der Waals surface area contributed by atoms with Crippen LogP contribution in [0.25, 0.3) is 0 Å². The monoisotopic (exact) mass is 2020 g/mol. The number of carbonyl (C=O) groups excluding carboxylic acids is 5. The quantitative estimate of drug-likeness (QED) is 0.0284. The summed E-state index contributed by atoms with van der Waals surface area (Å²) in [6.07, 6.45) is 24.4. The minimum absolute atomic E-state index is 0.00696. The molecule has 1 aliphatic carbocycles. The maximum Gasteiger partial charge on any atom is 0.318 e. The molecule has 37 heteroatoms. The fourth-order valence-corrected chi connectivity index (χ4v) is 21.8. The third-order valence-corrected chi connectivity index (χ3v) is 30.7. The van der Waals surface area contributed by atoms with Crippen LogP contribution < -0.4 is 47.9 Å². The van der Waals surface area contributed by atoms with Gasteiger partial charge in [0.25, 0.3) is 0 Å². The van der Waals surface area contributed by atoms with Crippen molar-refractivity contribution in [1.29, 1.82) is 0 Å². The number of aromatic nitrogens is 10. The third kappa shape index (κ3) is 26.8. The molecule has 788 valence electrons. The van der Waals surface area contributed by atoms with E-state index in [1.807, 2.05) is 186 Å². The smallest absolute Gasteiger partial charge is 0.318 e. The molecule has 6 fully saturated rings. The van der Waals surface area contributed by atoms with Crippen LogP contribution in [0.1, 0.15) is 244 Å². The molecule has 147 heavy (non-hydrogen) atoms. The number of hydrogen-bond donors (Lipinski definition) is 10. The highest BCUT2D eigenvalue weighted by atomic mass is 19.1. The molecule has 1 saturated carbocycles. The number of aliphatic hydroxyl groups excluding tert-OH is 1. The maximum atomic E-state index is 14.2. The maximum absolute atomic E-state index is 14.2. The van der Waals surface area contributed by atoms with Crippen molar-refractivity contribution in [3.63, 3.8) is 0 Å². The van der Waals surface area contributed by atoms with Crippen molar-refractivity contribution in [2.45, 2.75) is 275 Å². The number of nitrogens with zero attached hydrogens (tertiary/aromatic N) is 17. The number of carbonyl (C=O) groups is 5. The van der Waals surface area contributed by atoms with E-state index in [1.54, 1.807) is 29.0 Å². The Kier molecular flexibility index (Phi) is 35.5. The van der Waals surface area contributed by atoms with Crippen LogP contribution in [0.15, 0.2) is 146 Å². The number of nitrogens with one attached hydrogen (secondary N) is 9. The SMILES string of the molecule is CC1(C)c2cnc(NC3CCOCC3)nc2CN1C(=O)NC1CC(CO)CN(Cc2ccccc2F)C1.CC1(C)c2cnc(NC3CCOCC3)nc2CN1C(=O)NCC1CCCCC1.CC1(C)c2cnc(NC3CCOCC3)nc2CN1C(=O)NCc1ccccc1.CN(C)C[C@@H](CC(=O)N1Cc2nc(Nc3ccccc3)ncc2C1(C)C)c1ccccc1.CNC(=O)N1Cc2nc(NC3CCOCC3)ncc2C1(C)C. The molecule has 11 aliphatic rings. The second-order valence-corrected chi connectivity index (χ2v) is 43.2. The van der Waals surface area contributed by atoms with Crippen molar-refractivity contribution in [3.05, 3.63) is 225 Å². The van der Waals surface area contributed by atoms with Crippen molar-refractivity contribution < 1.29 is 52.4 Å². The molecule has 9 aromatic rings. The van der Waals surface area contributed by atoms with Gasteiger partial charge < -0.3 is 101 Å². The van der Waals surface area contributed by atoms with Crippen LogP contribution in [-0.2, 0) is 97.2 Å². The summed E-state index contributed by atoms with van der Waals surface area (Å²) in [6.45, 7) is 32.8. The number of amides is 9. The van der Waals surface area contributed by atoms with Gasteiger partial charge >= 0.3 is 24.1 Å². The lowest BCUT2D eigenvalue weighted by atomic mass is 9.89. The lowest BCUT2D eigenvalue weighted by molar-refractivity contribution is -0.137. The number of likely N-dealkylation sites (N-methyl/N-ethyl adjacent to an activating group) is 1. The van der Waals surface area contributed by atoms with Gasteiger partial charge in [0.2, 0.25) is 35.6 Å². The molecule has 15 heterocycles. The summed E-state index contributed by atoms with van der Waals surface area (Å²) in [5, 5.41) is 38.8. The number of piperidine rings is 1. The summed E-state index contributed by atoms with van der Waals surface area (Å²) in [6, 6.07) is 37.7. The largest absolute Gasteiger partial charge is 0.396 e. The van der Waals surface area contributed by atoms with Gasteiger partial charge in [-0.25, -0.2) is 73.4 Å². The van der Waals surface area contributed by atoms with Crippen LogP contribution in [0, 0.1) is 17.7 Å². The van der Waals surface area contributed by atoms with Crippen LogP contribution in [0.2, 0.25) is 0 Å². The fraction of sp³-hybridized carbons (Fsp3) is 0.555. The number of aliphatic hydroxyl groups is 1. The summed E-state index contributed by atoms with van der Waals surface area (Å²) >= 11 is 0. The van der Waals surface area contributed by atoms with Gasteiger partial charge in [0, 0.05) is 218 Å². The lowest BCUT2D eigenvalue weighted by Gasteiger charge is -2.39. The molecule has 9 amide bonds. The first-order valence-electron chi connectivity index (χ1n) is 52.6. The van der Waals surface area contributed by atoms with Crippen LogP contribution in [-0.4, -0.2) is 256 Å². The van der Waals surface area contributed by atoms with Crippen LogP contribution in [0.4, 0.5) is 59.0 Å². The first-order valence-corrected chi connectivity index (χ1v) is 52.6. The van der Waals surface area contributed by atoms with Crippen molar-refractivity contribution in [2.75, 3.05) is 133 Å². The molecule has 5 saturated heterocycles. The normalized spacial score (nSPS) is 20.4. The topological polar surface area (TPSA) is 402 Å². The fourth-order valence-electron chi connectivity index (χ4n) is 21.8. The Morgan fingerprint density at radius 2 is 0.803 bits per heavy atom. The molecule has 20 rings (SSSR count). The number of hydrogen-bond acceptors (Lipinski definition) is 27. The van der Waals surface area contributed by atoms with E-state index < -0.39 is 27.7 Å². The second-order valence-electron chi connectivity index (χ2n) is 43.2. The van der Waals surface area contributed by atoms with E-state index in [1.165, 1.54) is 43.7 Å². The number of benzene rings is 4. The summed E-state index contributed by atoms with van der Waals surface area (Å²) in [5.41, 5.74) is 11.1. The first kappa shape index (κ1) is 107. The van der Waals surface area contributed by atoms with Crippen molar-refractivity contribution >= 4 is 65.5 Å². The van der Waals surface area contributed by atoms with Gasteiger partial charge in [0.1, 0.15) is 5.82 Å². The van der Waals surface area contributed by atoms with Crippen molar-refractivity contribution in [1.82, 2.24) is 105 Å². The number of fused-ring (bicyclic) bond motifs is 5. The minimum atomic E-state index is -0.561. The molecule has 3 atom stereocenters. The van der Waals surface area contributed by atoms with E-state index in [0.717, 1.165) is 185 Å². The van der Waals surface area contributed by atoms with Gasteiger partial charge in [0.15, 0.2) is 0 Å². The minimum Gasteiger partial charge on any atom is -0.396 e. The highest BCUT2D eigenvalue weighted by Gasteiger charge is 2.48. The average Bonchev–Trinajstić information content (AvgIpc) is 1.66. The number of likely N-dealkylation sites (tertiary alicyclic amines) is 1. The van der Waals surface area contributed by atoms with E-state index in [4.69, 9.17) is 38.9 Å². The van der Waals surface area contributed by atoms with Gasteiger partial charge in [0.05, 0.1) is 88.9 Å². The van der Waals surface area contributed by atoms with Gasteiger partial charge in [-0.1, -0.05) is 116 Å². The molecule has 4 aromatic carbocycles. The summed E-state index contributed by atoms with van der Waals surface area (Å²) in [7, 11) is 5.74. The Morgan fingerprint density at radius 1 is 0.429 bits per heavy atom. The zero-order valence-electron chi connectivity index (χ0n) is 87.8. The summed E-state index contributed by atoms with van der Waals surface area (Å²) in [4.78, 5) is 124. The van der Waals surface area contributed by atoms with E-state index in [-0.39, 0.29) is 60.3 Å². The van der Waals surface area contributed by atoms with E-state index in [0.29, 0.717) is 137 Å². The predicted octanol–water partition coefficient (Wildman–Crippen LogP) is 15.3.